The summed E-state index contributed by atoms with van der Waals surface area (Å²) in [6.07, 6.45) is 9.90. The summed E-state index contributed by atoms with van der Waals surface area (Å²) in [5.41, 5.74) is 4.42. The number of carbonyl (C=O) groups is 1. The minimum Gasteiger partial charge on any atom is -0.361 e. The van der Waals surface area contributed by atoms with Crippen molar-refractivity contribution < 1.29 is 4.79 Å². The second-order valence-electron chi connectivity index (χ2n) is 7.58. The fourth-order valence-corrected chi connectivity index (χ4v) is 4.00. The van der Waals surface area contributed by atoms with E-state index in [1.54, 1.807) is 0 Å². The van der Waals surface area contributed by atoms with Crippen LogP contribution in [-0.4, -0.2) is 42.0 Å². The zero-order valence-electron chi connectivity index (χ0n) is 16.3. The van der Waals surface area contributed by atoms with Gasteiger partial charge < -0.3 is 15.2 Å². The van der Waals surface area contributed by atoms with Crippen LogP contribution in [0.15, 0.2) is 60.8 Å². The first kappa shape index (κ1) is 18.5. The molecule has 28 heavy (non-hydrogen) atoms. The number of rotatable bonds is 6. The van der Waals surface area contributed by atoms with E-state index in [4.69, 9.17) is 0 Å². The first-order valence-electron chi connectivity index (χ1n) is 10.0. The maximum atomic E-state index is 12.1. The van der Waals surface area contributed by atoms with Crippen molar-refractivity contribution in [3.05, 3.63) is 77.5 Å². The predicted octanol–water partition coefficient (Wildman–Crippen LogP) is 4.25. The molecule has 1 unspecified atom stereocenters. The average Bonchev–Trinajstić information content (AvgIpc) is 3.32. The van der Waals surface area contributed by atoms with Crippen LogP contribution in [0, 0.1) is 0 Å². The molecule has 1 fully saturated rings. The van der Waals surface area contributed by atoms with Gasteiger partial charge in [-0.3, -0.25) is 4.79 Å². The molecular weight excluding hydrogens is 346 g/mol. The normalized spacial score (nSPS) is 17.5. The largest absolute Gasteiger partial charge is 0.361 e. The molecule has 0 aliphatic carbocycles. The number of nitrogens with one attached hydrogen (secondary N) is 2. The number of hydrogen-bond donors (Lipinski definition) is 2. The number of amides is 1. The van der Waals surface area contributed by atoms with Gasteiger partial charge in [-0.25, -0.2) is 0 Å². The van der Waals surface area contributed by atoms with Crippen LogP contribution in [0.3, 0.4) is 0 Å². The number of likely N-dealkylation sites (tertiary alicyclic amines) is 1. The van der Waals surface area contributed by atoms with Crippen molar-refractivity contribution in [1.29, 1.82) is 0 Å². The Bertz CT molecular complexity index is 974. The van der Waals surface area contributed by atoms with Crippen LogP contribution in [0.2, 0.25) is 0 Å². The summed E-state index contributed by atoms with van der Waals surface area (Å²) in [7, 11) is 2.23. The van der Waals surface area contributed by atoms with Crippen LogP contribution < -0.4 is 5.32 Å². The fourth-order valence-electron chi connectivity index (χ4n) is 4.00. The Labute approximate surface area is 166 Å². The highest BCUT2D eigenvalue weighted by Crippen LogP contribution is 2.25. The maximum absolute atomic E-state index is 12.1. The Kier molecular flexibility index (Phi) is 5.58. The van der Waals surface area contributed by atoms with E-state index in [0.29, 0.717) is 18.2 Å². The van der Waals surface area contributed by atoms with Crippen LogP contribution in [0.4, 0.5) is 0 Å². The molecular formula is C24H27N3O. The molecule has 0 saturated carbocycles. The number of likely N-dealkylation sites (N-methyl/N-ethyl adjacent to an activating group) is 1. The highest BCUT2D eigenvalue weighted by molar-refractivity contribution is 5.94. The van der Waals surface area contributed by atoms with Crippen LogP contribution >= 0.6 is 0 Å². The number of aromatic nitrogens is 1. The standard InChI is InChI=1S/C24H27N3O/c1-27-14-6-10-21(27)16-20-17-26-23-12-11-18(15-22(20)23)7-5-13-25-24(28)19-8-3-2-4-9-19/h2-5,7-9,11-12,15,17,21,26H,6,10,13-14,16H2,1H3,(H,25,28). The number of benzene rings is 2. The fraction of sp³-hybridized carbons (Fsp3) is 0.292. The van der Waals surface area contributed by atoms with E-state index in [2.05, 4.69) is 52.7 Å². The van der Waals surface area contributed by atoms with Crippen molar-refractivity contribution in [1.82, 2.24) is 15.2 Å². The monoisotopic (exact) mass is 373 g/mol. The van der Waals surface area contributed by atoms with Gasteiger partial charge in [-0.15, -0.1) is 0 Å². The Hall–Kier alpha value is -2.85. The van der Waals surface area contributed by atoms with E-state index in [1.807, 2.05) is 36.4 Å². The van der Waals surface area contributed by atoms with E-state index >= 15 is 0 Å². The Morgan fingerprint density at radius 2 is 2.11 bits per heavy atom. The molecule has 1 amide bonds. The molecule has 1 atom stereocenters. The van der Waals surface area contributed by atoms with E-state index < -0.39 is 0 Å². The summed E-state index contributed by atoms with van der Waals surface area (Å²) >= 11 is 0. The average molecular weight is 374 g/mol. The van der Waals surface area contributed by atoms with Crippen molar-refractivity contribution in [2.24, 2.45) is 0 Å². The van der Waals surface area contributed by atoms with Crippen molar-refractivity contribution >= 4 is 22.9 Å². The summed E-state index contributed by atoms with van der Waals surface area (Å²) < 4.78 is 0. The van der Waals surface area contributed by atoms with Gasteiger partial charge in [0.25, 0.3) is 5.91 Å². The van der Waals surface area contributed by atoms with Gasteiger partial charge in [-0.1, -0.05) is 36.4 Å². The molecule has 0 radical (unpaired) electrons. The summed E-state index contributed by atoms with van der Waals surface area (Å²) in [5.74, 6) is -0.0469. The third-order valence-corrected chi connectivity index (χ3v) is 5.65. The first-order valence-corrected chi connectivity index (χ1v) is 10.0. The molecule has 144 valence electrons. The summed E-state index contributed by atoms with van der Waals surface area (Å²) in [4.78, 5) is 18.0. The molecule has 2 aromatic carbocycles. The van der Waals surface area contributed by atoms with Gasteiger partial charge >= 0.3 is 0 Å². The molecule has 0 spiro atoms. The molecule has 2 heterocycles. The van der Waals surface area contributed by atoms with Crippen molar-refractivity contribution in [3.8, 4) is 0 Å². The molecule has 1 aliphatic rings. The van der Waals surface area contributed by atoms with Crippen molar-refractivity contribution in [2.45, 2.75) is 25.3 Å². The smallest absolute Gasteiger partial charge is 0.251 e. The highest BCUT2D eigenvalue weighted by Gasteiger charge is 2.22. The third-order valence-electron chi connectivity index (χ3n) is 5.65. The lowest BCUT2D eigenvalue weighted by molar-refractivity contribution is 0.0958. The Morgan fingerprint density at radius 1 is 1.25 bits per heavy atom. The zero-order chi connectivity index (χ0) is 19.3. The Morgan fingerprint density at radius 3 is 2.89 bits per heavy atom. The molecule has 1 aromatic heterocycles. The van der Waals surface area contributed by atoms with Crippen molar-refractivity contribution in [3.63, 3.8) is 0 Å². The number of H-pyrrole nitrogens is 1. The molecule has 0 bridgehead atoms. The quantitative estimate of drug-likeness (QED) is 0.679. The molecule has 1 aliphatic heterocycles. The lowest BCUT2D eigenvalue weighted by Gasteiger charge is -2.18. The van der Waals surface area contributed by atoms with Crippen LogP contribution in [0.5, 0.6) is 0 Å². The molecule has 4 rings (SSSR count). The van der Waals surface area contributed by atoms with Gasteiger partial charge in [0.1, 0.15) is 0 Å². The first-order chi connectivity index (χ1) is 13.7. The second-order valence-corrected chi connectivity index (χ2v) is 7.58. The topological polar surface area (TPSA) is 48.1 Å². The van der Waals surface area contributed by atoms with E-state index in [1.165, 1.54) is 35.9 Å². The lowest BCUT2D eigenvalue weighted by Crippen LogP contribution is -2.26. The second kappa shape index (κ2) is 8.44. The van der Waals surface area contributed by atoms with Gasteiger partial charge in [0.2, 0.25) is 0 Å². The third kappa shape index (κ3) is 4.18. The number of fused-ring (bicyclic) bond motifs is 1. The zero-order valence-corrected chi connectivity index (χ0v) is 16.3. The Balaban J connectivity index is 1.40. The summed E-state index contributed by atoms with van der Waals surface area (Å²) in [6.45, 7) is 1.72. The van der Waals surface area contributed by atoms with Crippen LogP contribution in [0.1, 0.15) is 34.3 Å². The summed E-state index contributed by atoms with van der Waals surface area (Å²) in [5, 5.41) is 4.23. The maximum Gasteiger partial charge on any atom is 0.251 e. The van der Waals surface area contributed by atoms with Gasteiger partial charge in [0.15, 0.2) is 0 Å². The van der Waals surface area contributed by atoms with E-state index in [-0.39, 0.29) is 5.91 Å². The predicted molar refractivity (Wildman–Crippen MR) is 115 cm³/mol. The molecule has 3 aromatic rings. The van der Waals surface area contributed by atoms with Gasteiger partial charge in [0, 0.05) is 35.2 Å². The van der Waals surface area contributed by atoms with E-state index in [9.17, 15) is 4.79 Å². The molecule has 4 heteroatoms. The van der Waals surface area contributed by atoms with Crippen LogP contribution in [0.25, 0.3) is 17.0 Å². The number of nitrogens with zero attached hydrogens (tertiary/aromatic N) is 1. The number of carbonyl (C=O) groups excluding carboxylic acids is 1. The molecule has 1 saturated heterocycles. The van der Waals surface area contributed by atoms with Gasteiger partial charge in [0.05, 0.1) is 0 Å². The molecule has 4 nitrogen and oxygen atoms in total. The van der Waals surface area contributed by atoms with Gasteiger partial charge in [-0.05, 0) is 68.2 Å². The SMILES string of the molecule is CN1CCCC1Cc1c[nH]c2ccc(C=CCNC(=O)c3ccccc3)cc12. The van der Waals surface area contributed by atoms with Gasteiger partial charge in [-0.2, -0.15) is 0 Å². The minimum absolute atomic E-state index is 0.0469. The number of aromatic amines is 1. The van der Waals surface area contributed by atoms with E-state index in [0.717, 1.165) is 12.0 Å². The van der Waals surface area contributed by atoms with Crippen LogP contribution in [-0.2, 0) is 6.42 Å². The summed E-state index contributed by atoms with van der Waals surface area (Å²) in [6, 6.07) is 16.4. The number of hydrogen-bond acceptors (Lipinski definition) is 2. The minimum atomic E-state index is -0.0469. The lowest BCUT2D eigenvalue weighted by atomic mass is 10.0. The molecule has 2 N–H and O–H groups in total. The highest BCUT2D eigenvalue weighted by atomic mass is 16.1. The van der Waals surface area contributed by atoms with Crippen molar-refractivity contribution in [2.75, 3.05) is 20.1 Å².